The summed E-state index contributed by atoms with van der Waals surface area (Å²) in [5, 5.41) is 1.26. The van der Waals surface area contributed by atoms with E-state index in [9.17, 15) is 28.8 Å². The van der Waals surface area contributed by atoms with Crippen LogP contribution in [-0.2, 0) is 47.6 Å². The minimum Gasteiger partial charge on any atom is -0.481 e. The van der Waals surface area contributed by atoms with E-state index in [1.165, 1.54) is 66.9 Å². The van der Waals surface area contributed by atoms with E-state index in [4.69, 9.17) is 57.4 Å². The number of allylic oxidation sites excluding steroid dienone is 4. The molecule has 21 heteroatoms. The molecule has 0 amide bonds. The van der Waals surface area contributed by atoms with Gasteiger partial charge < -0.3 is 54.5 Å². The summed E-state index contributed by atoms with van der Waals surface area (Å²) in [5.41, 5.74) is 4.42. The Hall–Kier alpha value is -8.41. The number of ether oxygens (including phenoxy) is 10. The summed E-state index contributed by atoms with van der Waals surface area (Å²) in [6.07, 6.45) is 10.9. The van der Waals surface area contributed by atoms with Crippen molar-refractivity contribution in [3.63, 3.8) is 0 Å². The van der Waals surface area contributed by atoms with Crippen LogP contribution in [0.2, 0.25) is 0 Å². The summed E-state index contributed by atoms with van der Waals surface area (Å²) < 4.78 is 58.3. The molecule has 69 heavy (non-hydrogen) atoms. The standard InChI is InChI=1S/C48H41N4O16.Al/c1-59-39(53)21-65-35-15-25(47(57)63-5)16-36(66-22-40(54)60-2)45(35)43-31-11-7-27(49-31)19-29-9-13-33(51-29)44(34-14-10-30(52-34)20-28-8-12-32(43)50-28)46-37(67-23-41(55)61-3)17-26(48(58)64-6)18-38(46)68-24-42(56)62-4;/h7-20H,21-24H2,1-6H3,(H-,49,50,51,52,57,58);/q-1;+2/p-1. The highest BCUT2D eigenvalue weighted by atomic mass is 27.1. The number of nitrogens with zero attached hydrogens (tertiary/aromatic N) is 4. The zero-order chi connectivity index (χ0) is 48.9. The van der Waals surface area contributed by atoms with Gasteiger partial charge in [0.25, 0.3) is 0 Å². The van der Waals surface area contributed by atoms with E-state index >= 15 is 0 Å². The van der Waals surface area contributed by atoms with Crippen LogP contribution in [0.5, 0.6) is 23.0 Å². The number of hydrogen-bond donors (Lipinski definition) is 0. The minimum atomic E-state index is -1.08. The van der Waals surface area contributed by atoms with Crippen molar-refractivity contribution in [2.45, 2.75) is 0 Å². The molecular weight excluding hydrogens is 916 g/mol. The summed E-state index contributed by atoms with van der Waals surface area (Å²) in [5.74, 6) is -4.44. The van der Waals surface area contributed by atoms with Gasteiger partial charge in [-0.1, -0.05) is 0 Å². The van der Waals surface area contributed by atoms with Gasteiger partial charge in [0.2, 0.25) is 0 Å². The number of methoxy groups -OCH3 is 6. The molecule has 0 aliphatic carbocycles. The molecule has 0 unspecified atom stereocenters. The van der Waals surface area contributed by atoms with Crippen LogP contribution in [0.3, 0.4) is 0 Å². The van der Waals surface area contributed by atoms with Gasteiger partial charge in [0, 0.05) is 33.2 Å². The highest BCUT2D eigenvalue weighted by Crippen LogP contribution is 2.44. The number of aliphatic imine (C=N–C) groups is 2. The molecule has 4 aliphatic rings. The Morgan fingerprint density at radius 3 is 1.52 bits per heavy atom. The summed E-state index contributed by atoms with van der Waals surface area (Å²) in [4.78, 5) is 86.8. The van der Waals surface area contributed by atoms with E-state index in [-0.39, 0.29) is 45.3 Å². The Kier molecular flexibility index (Phi) is 13.8. The van der Waals surface area contributed by atoms with Gasteiger partial charge in [0.15, 0.2) is 26.4 Å². The highest BCUT2D eigenvalue weighted by Gasteiger charge is 2.32. The zero-order valence-corrected chi connectivity index (χ0v) is 39.0. The molecule has 6 heterocycles. The van der Waals surface area contributed by atoms with Crippen molar-refractivity contribution < 1.29 is 76.1 Å². The lowest BCUT2D eigenvalue weighted by atomic mass is 9.96. The van der Waals surface area contributed by atoms with Crippen molar-refractivity contribution in [1.29, 1.82) is 0 Å². The maximum absolute atomic E-state index is 13.1. The lowest BCUT2D eigenvalue weighted by Crippen LogP contribution is -2.38. The third-order valence-electron chi connectivity index (χ3n) is 10.8. The van der Waals surface area contributed by atoms with E-state index in [0.717, 1.165) is 0 Å². The van der Waals surface area contributed by atoms with Crippen LogP contribution in [0, 0.1) is 0 Å². The smallest absolute Gasteiger partial charge is 0.481 e. The normalized spacial score (nSPS) is 13.7. The van der Waals surface area contributed by atoms with E-state index in [2.05, 4.69) is 7.10 Å². The predicted molar refractivity (Wildman–Crippen MR) is 244 cm³/mol. The fraction of sp³-hybridized carbons (Fsp3) is 0.208. The van der Waals surface area contributed by atoms with Gasteiger partial charge in [0.1, 0.15) is 23.0 Å². The number of aromatic nitrogens is 2. The topological polar surface area (TPSA) is 229 Å². The molecule has 8 rings (SSSR count). The number of hydrogen-bond acceptors (Lipinski definition) is 18. The van der Waals surface area contributed by atoms with Crippen LogP contribution in [0.15, 0.2) is 94.2 Å². The summed E-state index contributed by atoms with van der Waals surface area (Å²) in [6, 6.07) is 13.1. The van der Waals surface area contributed by atoms with Crippen LogP contribution in [0.1, 0.15) is 43.2 Å². The largest absolute Gasteiger partial charge is 0.563 e. The lowest BCUT2D eigenvalue weighted by Gasteiger charge is -2.23. The van der Waals surface area contributed by atoms with Gasteiger partial charge in [-0.05, 0) is 85.0 Å². The minimum absolute atomic E-state index is 0.00664. The van der Waals surface area contributed by atoms with Crippen molar-refractivity contribution in [2.24, 2.45) is 9.98 Å². The number of fused-ring (bicyclic) bond motifs is 2. The molecule has 4 aliphatic heterocycles. The van der Waals surface area contributed by atoms with Crippen molar-refractivity contribution >= 4 is 86.2 Å². The van der Waals surface area contributed by atoms with Crippen LogP contribution in [0.4, 0.5) is 0 Å². The Morgan fingerprint density at radius 2 is 1.03 bits per heavy atom. The second-order valence-corrected chi connectivity index (χ2v) is 16.1. The van der Waals surface area contributed by atoms with E-state index < -0.39 is 77.9 Å². The van der Waals surface area contributed by atoms with E-state index in [1.807, 2.05) is 36.4 Å². The van der Waals surface area contributed by atoms with Gasteiger partial charge in [-0.15, -0.1) is 0 Å². The maximum atomic E-state index is 13.1. The molecule has 6 bridgehead atoms. The molecule has 0 saturated carbocycles. The summed E-state index contributed by atoms with van der Waals surface area (Å²) >= 11 is -1.08. The number of esters is 6. The molecule has 1 radical (unpaired) electrons. The Balaban J connectivity index is 1.45. The quantitative estimate of drug-likeness (QED) is 0.0890. The highest BCUT2D eigenvalue weighted by molar-refractivity contribution is 6.36. The first-order valence-corrected chi connectivity index (χ1v) is 21.7. The predicted octanol–water partition coefficient (Wildman–Crippen LogP) is 2.13. The lowest BCUT2D eigenvalue weighted by molar-refractivity contribution is -0.143. The molecule has 2 aromatic carbocycles. The number of rotatable bonds is 16. The van der Waals surface area contributed by atoms with Crippen LogP contribution in [-0.4, -0.2) is 139 Å². The van der Waals surface area contributed by atoms with Gasteiger partial charge in [-0.2, -0.15) is 0 Å². The van der Waals surface area contributed by atoms with Gasteiger partial charge in [0.05, 0.1) is 87.7 Å². The maximum Gasteiger partial charge on any atom is 0.563 e. The molecule has 0 spiro atoms. The second kappa shape index (κ2) is 20.2. The molecule has 2 aromatic heterocycles. The van der Waals surface area contributed by atoms with Crippen molar-refractivity contribution in [1.82, 2.24) is 7.10 Å². The molecule has 20 nitrogen and oxygen atoms in total. The Morgan fingerprint density at radius 1 is 0.522 bits per heavy atom. The third kappa shape index (κ3) is 9.59. The monoisotopic (exact) mass is 955 g/mol. The van der Waals surface area contributed by atoms with Crippen molar-refractivity contribution in [3.05, 3.63) is 129 Å². The number of carbonyl (C=O) groups is 6. The van der Waals surface area contributed by atoms with E-state index in [0.29, 0.717) is 56.0 Å². The summed E-state index contributed by atoms with van der Waals surface area (Å²) in [6.45, 7) is -2.30. The van der Waals surface area contributed by atoms with Crippen LogP contribution in [0.25, 0.3) is 23.3 Å². The molecule has 0 N–H and O–H groups in total. The van der Waals surface area contributed by atoms with E-state index in [1.54, 1.807) is 24.3 Å². The molecule has 0 fully saturated rings. The number of carbonyl (C=O) groups excluding carboxylic acids is 6. The Labute approximate surface area is 398 Å². The first-order valence-electron chi connectivity index (χ1n) is 20.7. The first-order chi connectivity index (χ1) is 33.4. The third-order valence-corrected chi connectivity index (χ3v) is 12.5. The van der Waals surface area contributed by atoms with Gasteiger partial charge >= 0.3 is 51.5 Å². The SMILES string of the molecule is COC(=O)COc1cc(C(=O)OC)cc(OCC(=O)OC)c1C1=C2C=CC(=N2)C=c2ccc3[n]2[Al][n]2c(ccc21)C=C1C=CC(=N1)C=3c1c(OCC(=O)OC)cc(C(=O)OC)cc1OCC(=O)OC. The molecule has 4 aromatic rings. The van der Waals surface area contributed by atoms with Crippen molar-refractivity contribution in [3.8, 4) is 23.0 Å². The van der Waals surface area contributed by atoms with Crippen molar-refractivity contribution in [2.75, 3.05) is 69.1 Å². The second-order valence-electron chi connectivity index (χ2n) is 14.8. The fourth-order valence-electron chi connectivity index (χ4n) is 7.60. The van der Waals surface area contributed by atoms with Crippen LogP contribution >= 0.6 is 0 Å². The summed E-state index contributed by atoms with van der Waals surface area (Å²) in [7, 11) is 7.21. The van der Waals surface area contributed by atoms with Gasteiger partial charge in [-0.3, -0.25) is 0 Å². The molecule has 0 saturated heterocycles. The molecule has 0 atom stereocenters. The zero-order valence-electron chi connectivity index (χ0n) is 37.8. The first kappa shape index (κ1) is 47.1. The average Bonchev–Trinajstić information content (AvgIpc) is 4.20. The Bertz CT molecular complexity index is 3100. The molecular formula is C48H40AlN4O16. The number of benzene rings is 2. The van der Waals surface area contributed by atoms with Crippen LogP contribution < -0.4 is 29.6 Å². The van der Waals surface area contributed by atoms with Gasteiger partial charge in [-0.25, -0.2) is 38.8 Å². The fourth-order valence-corrected chi connectivity index (χ4v) is 9.10. The molecule has 351 valence electrons. The average molecular weight is 956 g/mol.